The highest BCUT2D eigenvalue weighted by Gasteiger charge is 2.08. The molecule has 5 nitrogen and oxygen atoms in total. The summed E-state index contributed by atoms with van der Waals surface area (Å²) in [5, 5.41) is 7.57. The van der Waals surface area contributed by atoms with Gasteiger partial charge >= 0.3 is 0 Å². The fourth-order valence-corrected chi connectivity index (χ4v) is 1.32. The molecule has 0 N–H and O–H groups in total. The lowest BCUT2D eigenvalue weighted by molar-refractivity contribution is 0.365. The van der Waals surface area contributed by atoms with Crippen LogP contribution in [0.5, 0.6) is 23.1 Å². The molecule has 0 unspecified atom stereocenters. The lowest BCUT2D eigenvalue weighted by Gasteiger charge is -2.10. The number of hydrogen-bond acceptors (Lipinski definition) is 5. The first-order chi connectivity index (χ1) is 8.33. The predicted octanol–water partition coefficient (Wildman–Crippen LogP) is 2.29. The second-order valence-electron chi connectivity index (χ2n) is 3.18. The summed E-state index contributed by atoms with van der Waals surface area (Å²) in [6.07, 6.45) is 1.58. The zero-order valence-electron chi connectivity index (χ0n) is 9.58. The molecular weight excluding hydrogens is 220 g/mol. The summed E-state index contributed by atoms with van der Waals surface area (Å²) in [5.41, 5.74) is 0. The molecule has 1 heterocycles. The van der Waals surface area contributed by atoms with Gasteiger partial charge in [-0.15, -0.1) is 5.10 Å². The van der Waals surface area contributed by atoms with E-state index in [-0.39, 0.29) is 0 Å². The van der Waals surface area contributed by atoms with Crippen LogP contribution in [-0.4, -0.2) is 24.4 Å². The van der Waals surface area contributed by atoms with Crippen LogP contribution in [0.3, 0.4) is 0 Å². The smallest absolute Gasteiger partial charge is 0.239 e. The Labute approximate surface area is 99.0 Å². The van der Waals surface area contributed by atoms with Crippen LogP contribution in [0.25, 0.3) is 0 Å². The Kier molecular flexibility index (Phi) is 3.40. The van der Waals surface area contributed by atoms with Crippen LogP contribution in [0, 0.1) is 0 Å². The molecule has 0 bridgehead atoms. The monoisotopic (exact) mass is 232 g/mol. The first kappa shape index (κ1) is 11.2. The Hall–Kier alpha value is -2.30. The van der Waals surface area contributed by atoms with E-state index in [2.05, 4.69) is 10.2 Å². The van der Waals surface area contributed by atoms with Crippen molar-refractivity contribution in [1.29, 1.82) is 0 Å². The molecule has 0 radical (unpaired) electrons. The summed E-state index contributed by atoms with van der Waals surface area (Å²) >= 11 is 0. The van der Waals surface area contributed by atoms with Crippen molar-refractivity contribution < 1.29 is 14.2 Å². The highest BCUT2D eigenvalue weighted by atomic mass is 16.5. The van der Waals surface area contributed by atoms with E-state index in [1.54, 1.807) is 50.7 Å². The van der Waals surface area contributed by atoms with Gasteiger partial charge in [-0.2, -0.15) is 5.10 Å². The Balaban J connectivity index is 2.30. The highest BCUT2D eigenvalue weighted by Crippen LogP contribution is 2.33. The molecular formula is C12H12N2O3. The first-order valence-electron chi connectivity index (χ1n) is 5.01. The highest BCUT2D eigenvalue weighted by molar-refractivity contribution is 5.46. The van der Waals surface area contributed by atoms with E-state index in [1.165, 1.54) is 0 Å². The van der Waals surface area contributed by atoms with Crippen LogP contribution in [0.2, 0.25) is 0 Å². The maximum Gasteiger partial charge on any atom is 0.239 e. The second kappa shape index (κ2) is 5.16. The Morgan fingerprint density at radius 1 is 1.00 bits per heavy atom. The Bertz CT molecular complexity index is 488. The fourth-order valence-electron chi connectivity index (χ4n) is 1.32. The average molecular weight is 232 g/mol. The van der Waals surface area contributed by atoms with Gasteiger partial charge in [0.2, 0.25) is 5.88 Å². The van der Waals surface area contributed by atoms with Gasteiger partial charge in [0, 0.05) is 18.3 Å². The molecule has 1 aromatic carbocycles. The SMILES string of the molecule is COc1ccc(OC)c(Oc2cccnn2)c1. The molecule has 0 saturated carbocycles. The lowest BCUT2D eigenvalue weighted by atomic mass is 10.3. The van der Waals surface area contributed by atoms with Crippen LogP contribution in [0.4, 0.5) is 0 Å². The molecule has 0 spiro atoms. The summed E-state index contributed by atoms with van der Waals surface area (Å²) in [4.78, 5) is 0. The number of aromatic nitrogens is 2. The molecule has 88 valence electrons. The van der Waals surface area contributed by atoms with Crippen molar-refractivity contribution in [1.82, 2.24) is 10.2 Å². The molecule has 0 fully saturated rings. The van der Waals surface area contributed by atoms with E-state index in [0.29, 0.717) is 23.1 Å². The maximum absolute atomic E-state index is 5.56. The van der Waals surface area contributed by atoms with Crippen molar-refractivity contribution in [3.05, 3.63) is 36.5 Å². The Morgan fingerprint density at radius 3 is 2.53 bits per heavy atom. The van der Waals surface area contributed by atoms with Gasteiger partial charge in [0.25, 0.3) is 0 Å². The summed E-state index contributed by atoms with van der Waals surface area (Å²) in [6.45, 7) is 0. The standard InChI is InChI=1S/C12H12N2O3/c1-15-9-5-6-10(16-2)11(8-9)17-12-4-3-7-13-14-12/h3-8H,1-2H3. The van der Waals surface area contributed by atoms with Crippen molar-refractivity contribution in [2.75, 3.05) is 14.2 Å². The van der Waals surface area contributed by atoms with E-state index in [1.807, 2.05) is 0 Å². The molecule has 0 atom stereocenters. The minimum atomic E-state index is 0.402. The molecule has 0 aliphatic heterocycles. The van der Waals surface area contributed by atoms with Crippen LogP contribution in [0.15, 0.2) is 36.5 Å². The number of nitrogens with zero attached hydrogens (tertiary/aromatic N) is 2. The average Bonchev–Trinajstić information content (AvgIpc) is 2.40. The van der Waals surface area contributed by atoms with Gasteiger partial charge in [0.05, 0.1) is 14.2 Å². The van der Waals surface area contributed by atoms with Crippen molar-refractivity contribution in [3.8, 4) is 23.1 Å². The third-order valence-electron chi connectivity index (χ3n) is 2.13. The number of ether oxygens (including phenoxy) is 3. The van der Waals surface area contributed by atoms with Crippen LogP contribution >= 0.6 is 0 Å². The molecule has 0 aliphatic carbocycles. The first-order valence-corrected chi connectivity index (χ1v) is 5.01. The van der Waals surface area contributed by atoms with E-state index < -0.39 is 0 Å². The summed E-state index contributed by atoms with van der Waals surface area (Å²) < 4.78 is 15.9. The molecule has 0 aliphatic rings. The van der Waals surface area contributed by atoms with E-state index >= 15 is 0 Å². The van der Waals surface area contributed by atoms with Gasteiger partial charge in [0.1, 0.15) is 5.75 Å². The number of benzene rings is 1. The van der Waals surface area contributed by atoms with Gasteiger partial charge in [-0.25, -0.2) is 0 Å². The van der Waals surface area contributed by atoms with Gasteiger partial charge < -0.3 is 14.2 Å². The molecule has 17 heavy (non-hydrogen) atoms. The lowest BCUT2D eigenvalue weighted by Crippen LogP contribution is -1.94. The zero-order chi connectivity index (χ0) is 12.1. The van der Waals surface area contributed by atoms with Gasteiger partial charge in [0.15, 0.2) is 11.5 Å². The minimum Gasteiger partial charge on any atom is -0.497 e. The van der Waals surface area contributed by atoms with Crippen molar-refractivity contribution in [2.24, 2.45) is 0 Å². The van der Waals surface area contributed by atoms with Crippen LogP contribution in [0.1, 0.15) is 0 Å². The third kappa shape index (κ3) is 2.63. The van der Waals surface area contributed by atoms with E-state index in [9.17, 15) is 0 Å². The maximum atomic E-state index is 5.56. The number of methoxy groups -OCH3 is 2. The van der Waals surface area contributed by atoms with Gasteiger partial charge in [-0.1, -0.05) is 0 Å². The summed E-state index contributed by atoms with van der Waals surface area (Å²) in [6, 6.07) is 8.75. The predicted molar refractivity (Wildman–Crippen MR) is 61.7 cm³/mol. The largest absolute Gasteiger partial charge is 0.497 e. The molecule has 1 aromatic heterocycles. The molecule has 2 rings (SSSR count). The van der Waals surface area contributed by atoms with Crippen LogP contribution < -0.4 is 14.2 Å². The van der Waals surface area contributed by atoms with E-state index in [4.69, 9.17) is 14.2 Å². The molecule has 0 saturated heterocycles. The van der Waals surface area contributed by atoms with E-state index in [0.717, 1.165) is 0 Å². The topological polar surface area (TPSA) is 53.5 Å². The second-order valence-corrected chi connectivity index (χ2v) is 3.18. The Morgan fingerprint density at radius 2 is 1.88 bits per heavy atom. The zero-order valence-corrected chi connectivity index (χ0v) is 9.58. The quantitative estimate of drug-likeness (QED) is 0.809. The van der Waals surface area contributed by atoms with Gasteiger partial charge in [-0.3, -0.25) is 0 Å². The fraction of sp³-hybridized carbons (Fsp3) is 0.167. The normalized spacial score (nSPS) is 9.76. The summed E-state index contributed by atoms with van der Waals surface area (Å²) in [7, 11) is 3.17. The van der Waals surface area contributed by atoms with Crippen LogP contribution in [-0.2, 0) is 0 Å². The minimum absolute atomic E-state index is 0.402. The number of rotatable bonds is 4. The third-order valence-corrected chi connectivity index (χ3v) is 2.13. The van der Waals surface area contributed by atoms with Crippen molar-refractivity contribution in [2.45, 2.75) is 0 Å². The van der Waals surface area contributed by atoms with Gasteiger partial charge in [-0.05, 0) is 18.2 Å². The molecule has 5 heteroatoms. The van der Waals surface area contributed by atoms with Crippen molar-refractivity contribution >= 4 is 0 Å². The number of hydrogen-bond donors (Lipinski definition) is 0. The summed E-state index contributed by atoms with van der Waals surface area (Å²) in [5.74, 6) is 2.23. The van der Waals surface area contributed by atoms with Crippen molar-refractivity contribution in [3.63, 3.8) is 0 Å². The molecule has 0 amide bonds. The molecule has 2 aromatic rings.